The van der Waals surface area contributed by atoms with Gasteiger partial charge in [0.25, 0.3) is 0 Å². The van der Waals surface area contributed by atoms with Crippen molar-refractivity contribution < 1.29 is 8.42 Å². The molecule has 0 unspecified atom stereocenters. The van der Waals surface area contributed by atoms with Crippen LogP contribution in [0, 0.1) is 11.3 Å². The monoisotopic (exact) mass is 277 g/mol. The van der Waals surface area contributed by atoms with Gasteiger partial charge in [0.15, 0.2) is 0 Å². The van der Waals surface area contributed by atoms with Crippen molar-refractivity contribution in [1.29, 1.82) is 0 Å². The van der Waals surface area contributed by atoms with Crippen LogP contribution in [0.25, 0.3) is 0 Å². The Kier molecular flexibility index (Phi) is 6.86. The molecule has 0 spiro atoms. The largest absolute Gasteiger partial charge is 0.214 e. The number of hydrogen-bond donors (Lipinski definition) is 0. The summed E-state index contributed by atoms with van der Waals surface area (Å²) in [6.07, 6.45) is 1.63. The molecule has 0 aromatic carbocycles. The Morgan fingerprint density at radius 1 is 1.06 bits per heavy atom. The van der Waals surface area contributed by atoms with E-state index in [1.165, 1.54) is 0 Å². The molecule has 0 radical (unpaired) electrons. The minimum atomic E-state index is -3.11. The first-order valence-electron chi connectivity index (χ1n) is 6.95. The van der Waals surface area contributed by atoms with Crippen LogP contribution in [0.4, 0.5) is 0 Å². The van der Waals surface area contributed by atoms with Crippen molar-refractivity contribution >= 4 is 10.0 Å². The number of nitrogens with zero attached hydrogens (tertiary/aromatic N) is 1. The summed E-state index contributed by atoms with van der Waals surface area (Å²) in [6.45, 7) is 15.1. The maximum atomic E-state index is 12.3. The quantitative estimate of drug-likeness (QED) is 0.714. The van der Waals surface area contributed by atoms with Crippen LogP contribution in [0.1, 0.15) is 61.3 Å². The molecular formula is C14H31NO2S. The van der Waals surface area contributed by atoms with Gasteiger partial charge >= 0.3 is 0 Å². The van der Waals surface area contributed by atoms with Crippen molar-refractivity contribution in [2.45, 2.75) is 67.3 Å². The molecule has 0 atom stereocenters. The lowest BCUT2D eigenvalue weighted by Gasteiger charge is -2.29. The highest BCUT2D eigenvalue weighted by molar-refractivity contribution is 7.89. The molecule has 3 nitrogen and oxygen atoms in total. The highest BCUT2D eigenvalue weighted by atomic mass is 32.2. The molecule has 0 aromatic rings. The molecule has 0 aliphatic carbocycles. The fourth-order valence-corrected chi connectivity index (χ4v) is 3.68. The molecule has 0 heterocycles. The van der Waals surface area contributed by atoms with E-state index in [9.17, 15) is 8.42 Å². The Morgan fingerprint density at radius 2 is 1.56 bits per heavy atom. The molecule has 0 saturated carbocycles. The van der Waals surface area contributed by atoms with Gasteiger partial charge in [-0.05, 0) is 38.0 Å². The standard InChI is InChI=1S/C14H31NO2S/c1-12(2)8-11-18(16,17)15(13(3)4)10-9-14(5,6)7/h12-13H,8-11H2,1-7H3. The maximum Gasteiger partial charge on any atom is 0.214 e. The van der Waals surface area contributed by atoms with Crippen LogP contribution < -0.4 is 0 Å². The van der Waals surface area contributed by atoms with Crippen LogP contribution >= 0.6 is 0 Å². The van der Waals surface area contributed by atoms with Gasteiger partial charge < -0.3 is 0 Å². The number of sulfonamides is 1. The first kappa shape index (κ1) is 17.9. The highest BCUT2D eigenvalue weighted by Crippen LogP contribution is 2.21. The van der Waals surface area contributed by atoms with Crippen LogP contribution in [0.15, 0.2) is 0 Å². The lowest BCUT2D eigenvalue weighted by atomic mass is 9.92. The molecule has 0 bridgehead atoms. The van der Waals surface area contributed by atoms with Crippen molar-refractivity contribution in [2.24, 2.45) is 11.3 Å². The van der Waals surface area contributed by atoms with Crippen LogP contribution in [0.3, 0.4) is 0 Å². The van der Waals surface area contributed by atoms with E-state index in [-0.39, 0.29) is 17.2 Å². The van der Waals surface area contributed by atoms with E-state index in [0.29, 0.717) is 12.5 Å². The third kappa shape index (κ3) is 7.37. The Morgan fingerprint density at radius 3 is 1.89 bits per heavy atom. The van der Waals surface area contributed by atoms with E-state index >= 15 is 0 Å². The average molecular weight is 277 g/mol. The predicted octanol–water partition coefficient (Wildman–Crippen LogP) is 3.51. The van der Waals surface area contributed by atoms with Crippen molar-refractivity contribution in [3.05, 3.63) is 0 Å². The summed E-state index contributed by atoms with van der Waals surface area (Å²) < 4.78 is 26.3. The zero-order valence-electron chi connectivity index (χ0n) is 13.2. The third-order valence-electron chi connectivity index (χ3n) is 2.97. The Balaban J connectivity index is 4.68. The topological polar surface area (TPSA) is 37.4 Å². The summed E-state index contributed by atoms with van der Waals surface area (Å²) in [5.41, 5.74) is 0.167. The third-order valence-corrected chi connectivity index (χ3v) is 5.04. The zero-order chi connectivity index (χ0) is 14.6. The average Bonchev–Trinajstić information content (AvgIpc) is 2.12. The Hall–Kier alpha value is -0.0900. The molecule has 0 amide bonds. The Bertz CT molecular complexity index is 326. The molecule has 0 rings (SSSR count). The molecule has 18 heavy (non-hydrogen) atoms. The van der Waals surface area contributed by atoms with Crippen molar-refractivity contribution in [3.8, 4) is 0 Å². The second-order valence-corrected chi connectivity index (χ2v) is 9.05. The van der Waals surface area contributed by atoms with Gasteiger partial charge in [-0.25, -0.2) is 8.42 Å². The van der Waals surface area contributed by atoms with Gasteiger partial charge in [-0.1, -0.05) is 34.6 Å². The fraction of sp³-hybridized carbons (Fsp3) is 1.00. The van der Waals surface area contributed by atoms with Crippen molar-refractivity contribution in [1.82, 2.24) is 4.31 Å². The minimum Gasteiger partial charge on any atom is -0.212 e. The molecule has 0 aromatic heterocycles. The highest BCUT2D eigenvalue weighted by Gasteiger charge is 2.26. The molecular weight excluding hydrogens is 246 g/mol. The minimum absolute atomic E-state index is 0.0458. The predicted molar refractivity (Wildman–Crippen MR) is 79.2 cm³/mol. The summed E-state index contributed by atoms with van der Waals surface area (Å²) in [5.74, 6) is 0.698. The van der Waals surface area contributed by atoms with Gasteiger partial charge in [0.05, 0.1) is 5.75 Å². The van der Waals surface area contributed by atoms with Crippen LogP contribution in [-0.4, -0.2) is 31.1 Å². The molecule has 4 heteroatoms. The van der Waals surface area contributed by atoms with E-state index in [0.717, 1.165) is 12.8 Å². The lowest BCUT2D eigenvalue weighted by Crippen LogP contribution is -2.40. The zero-order valence-corrected chi connectivity index (χ0v) is 14.0. The van der Waals surface area contributed by atoms with Gasteiger partial charge in [0.2, 0.25) is 10.0 Å². The molecule has 110 valence electrons. The Labute approximate surface area is 114 Å². The lowest BCUT2D eigenvalue weighted by molar-refractivity contribution is 0.283. The first-order valence-corrected chi connectivity index (χ1v) is 8.56. The van der Waals surface area contributed by atoms with Gasteiger partial charge in [-0.15, -0.1) is 0 Å². The van der Waals surface area contributed by atoms with E-state index < -0.39 is 10.0 Å². The fourth-order valence-electron chi connectivity index (χ4n) is 1.67. The maximum absolute atomic E-state index is 12.3. The SMILES string of the molecule is CC(C)CCS(=O)(=O)N(CCC(C)(C)C)C(C)C. The van der Waals surface area contributed by atoms with Gasteiger partial charge in [-0.2, -0.15) is 4.31 Å². The molecule has 0 aliphatic heterocycles. The van der Waals surface area contributed by atoms with Gasteiger partial charge in [0, 0.05) is 12.6 Å². The summed E-state index contributed by atoms with van der Waals surface area (Å²) in [4.78, 5) is 0. The van der Waals surface area contributed by atoms with Crippen LogP contribution in [-0.2, 0) is 10.0 Å². The summed E-state index contributed by atoms with van der Waals surface area (Å²) in [5, 5.41) is 0. The molecule has 0 saturated heterocycles. The molecule has 0 N–H and O–H groups in total. The molecule has 0 fully saturated rings. The number of hydrogen-bond acceptors (Lipinski definition) is 2. The van der Waals surface area contributed by atoms with Crippen LogP contribution in [0.2, 0.25) is 0 Å². The second kappa shape index (κ2) is 6.90. The van der Waals surface area contributed by atoms with E-state index in [2.05, 4.69) is 34.6 Å². The van der Waals surface area contributed by atoms with Crippen molar-refractivity contribution in [3.63, 3.8) is 0 Å². The van der Waals surface area contributed by atoms with E-state index in [1.54, 1.807) is 4.31 Å². The van der Waals surface area contributed by atoms with Gasteiger partial charge in [-0.3, -0.25) is 0 Å². The number of rotatable bonds is 7. The summed E-state index contributed by atoms with van der Waals surface area (Å²) >= 11 is 0. The van der Waals surface area contributed by atoms with Crippen LogP contribution in [0.5, 0.6) is 0 Å². The van der Waals surface area contributed by atoms with Gasteiger partial charge in [0.1, 0.15) is 0 Å². The molecule has 0 aliphatic rings. The smallest absolute Gasteiger partial charge is 0.212 e. The first-order chi connectivity index (χ1) is 7.96. The normalized spacial score (nSPS) is 13.9. The van der Waals surface area contributed by atoms with Crippen molar-refractivity contribution in [2.75, 3.05) is 12.3 Å². The summed E-state index contributed by atoms with van der Waals surface area (Å²) in [7, 11) is -3.11. The second-order valence-electron chi connectivity index (χ2n) is 7.01. The summed E-state index contributed by atoms with van der Waals surface area (Å²) in [6, 6.07) is 0.0458. The van der Waals surface area contributed by atoms with E-state index in [1.807, 2.05) is 13.8 Å². The van der Waals surface area contributed by atoms with E-state index in [4.69, 9.17) is 0 Å².